The number of hydrogen-bond acceptors (Lipinski definition) is 5. The molecule has 1 aliphatic carbocycles. The van der Waals surface area contributed by atoms with Crippen molar-refractivity contribution in [2.45, 2.75) is 51.7 Å². The molecule has 2 N–H and O–H groups in total. The fourth-order valence-electron chi connectivity index (χ4n) is 3.01. The Morgan fingerprint density at radius 2 is 1.96 bits per heavy atom. The van der Waals surface area contributed by atoms with E-state index in [2.05, 4.69) is 15.6 Å². The Morgan fingerprint density at radius 1 is 1.25 bits per heavy atom. The van der Waals surface area contributed by atoms with E-state index in [1.807, 2.05) is 52.0 Å². The summed E-state index contributed by atoms with van der Waals surface area (Å²) in [5.41, 5.74) is 0.310. The van der Waals surface area contributed by atoms with Gasteiger partial charge < -0.3 is 19.8 Å². The van der Waals surface area contributed by atoms with Crippen LogP contribution >= 0.6 is 0 Å². The Kier molecular flexibility index (Phi) is 5.45. The van der Waals surface area contributed by atoms with Gasteiger partial charge in [0.2, 0.25) is 11.8 Å². The minimum atomic E-state index is -0.564. The molecule has 1 aromatic heterocycles. The molecule has 2 amide bonds. The molecule has 1 aliphatic rings. The maximum atomic E-state index is 12.4. The minimum absolute atomic E-state index is 0.261. The summed E-state index contributed by atoms with van der Waals surface area (Å²) in [7, 11) is 0. The van der Waals surface area contributed by atoms with E-state index in [4.69, 9.17) is 9.15 Å². The zero-order chi connectivity index (χ0) is 20.4. The predicted molar refractivity (Wildman–Crippen MR) is 107 cm³/mol. The molecule has 0 spiro atoms. The van der Waals surface area contributed by atoms with Crippen molar-refractivity contribution in [2.24, 2.45) is 5.92 Å². The number of oxazole rings is 1. The number of ether oxygens (including phenoxy) is 1. The average Bonchev–Trinajstić information content (AvgIpc) is 3.37. The van der Waals surface area contributed by atoms with Gasteiger partial charge in [0.05, 0.1) is 5.54 Å². The van der Waals surface area contributed by atoms with Crippen molar-refractivity contribution in [3.05, 3.63) is 36.2 Å². The highest BCUT2D eigenvalue weighted by molar-refractivity contribution is 5.92. The van der Waals surface area contributed by atoms with Gasteiger partial charge in [0.15, 0.2) is 5.58 Å². The molecule has 7 heteroatoms. The molecule has 1 aromatic carbocycles. The van der Waals surface area contributed by atoms with E-state index < -0.39 is 17.2 Å². The molecule has 2 aromatic rings. The average molecular weight is 385 g/mol. The molecule has 28 heavy (non-hydrogen) atoms. The molecular weight excluding hydrogens is 358 g/mol. The number of aromatic nitrogens is 1. The monoisotopic (exact) mass is 385 g/mol. The number of nitrogens with zero attached hydrogens (tertiary/aromatic N) is 1. The fourth-order valence-corrected chi connectivity index (χ4v) is 3.01. The molecule has 0 bridgehead atoms. The number of benzene rings is 1. The summed E-state index contributed by atoms with van der Waals surface area (Å²) in [5, 5.41) is 5.78. The molecule has 0 saturated heterocycles. The second-order valence-corrected chi connectivity index (χ2v) is 8.39. The molecule has 1 atom stereocenters. The van der Waals surface area contributed by atoms with Crippen LogP contribution in [0.15, 0.2) is 34.8 Å². The lowest BCUT2D eigenvalue weighted by Crippen LogP contribution is -2.55. The lowest BCUT2D eigenvalue weighted by atomic mass is 9.95. The molecule has 0 aliphatic heterocycles. The Labute approximate surface area is 164 Å². The Balaban J connectivity index is 1.59. The van der Waals surface area contributed by atoms with E-state index in [-0.39, 0.29) is 5.91 Å². The van der Waals surface area contributed by atoms with E-state index in [0.29, 0.717) is 23.9 Å². The number of fused-ring (bicyclic) bond motifs is 1. The summed E-state index contributed by atoms with van der Waals surface area (Å²) in [5.74, 6) is 0.433. The number of carbonyl (C=O) groups is 2. The highest BCUT2D eigenvalue weighted by atomic mass is 16.6. The summed E-state index contributed by atoms with van der Waals surface area (Å²) < 4.78 is 10.9. The van der Waals surface area contributed by atoms with Gasteiger partial charge in [-0.15, -0.1) is 0 Å². The van der Waals surface area contributed by atoms with Crippen molar-refractivity contribution in [3.63, 3.8) is 0 Å². The van der Waals surface area contributed by atoms with Crippen molar-refractivity contribution in [3.8, 4) is 0 Å². The third-order valence-corrected chi connectivity index (χ3v) is 4.57. The van der Waals surface area contributed by atoms with Crippen molar-refractivity contribution in [2.75, 3.05) is 6.54 Å². The van der Waals surface area contributed by atoms with Crippen LogP contribution in [0, 0.1) is 5.92 Å². The molecule has 0 radical (unpaired) electrons. The quantitative estimate of drug-likeness (QED) is 0.741. The molecule has 1 fully saturated rings. The fraction of sp³-hybridized carbons (Fsp3) is 0.476. The highest BCUT2D eigenvalue weighted by Gasteiger charge is 2.42. The van der Waals surface area contributed by atoms with Crippen molar-refractivity contribution in [1.29, 1.82) is 0 Å². The number of carbonyl (C=O) groups excluding carboxylic acids is 2. The molecule has 150 valence electrons. The highest BCUT2D eigenvalue weighted by Crippen LogP contribution is 2.39. The third kappa shape index (κ3) is 5.34. The van der Waals surface area contributed by atoms with Gasteiger partial charge in [-0.05, 0) is 58.6 Å². The molecule has 7 nitrogen and oxygen atoms in total. The van der Waals surface area contributed by atoms with E-state index in [1.165, 1.54) is 6.08 Å². The predicted octanol–water partition coefficient (Wildman–Crippen LogP) is 3.65. The van der Waals surface area contributed by atoms with Gasteiger partial charge in [0.1, 0.15) is 11.1 Å². The van der Waals surface area contributed by atoms with Crippen LogP contribution < -0.4 is 10.6 Å². The first-order valence-corrected chi connectivity index (χ1v) is 9.47. The Morgan fingerprint density at radius 3 is 2.61 bits per heavy atom. The summed E-state index contributed by atoms with van der Waals surface area (Å²) in [6, 6.07) is 7.42. The van der Waals surface area contributed by atoms with E-state index >= 15 is 0 Å². The van der Waals surface area contributed by atoms with Gasteiger partial charge in [-0.25, -0.2) is 9.78 Å². The van der Waals surface area contributed by atoms with E-state index in [9.17, 15) is 9.59 Å². The summed E-state index contributed by atoms with van der Waals surface area (Å²) in [6.07, 6.45) is 4.49. The summed E-state index contributed by atoms with van der Waals surface area (Å²) in [4.78, 5) is 28.7. The first-order chi connectivity index (χ1) is 13.1. The lowest BCUT2D eigenvalue weighted by molar-refractivity contribution is -0.118. The van der Waals surface area contributed by atoms with Crippen LogP contribution in [-0.4, -0.2) is 34.7 Å². The van der Waals surface area contributed by atoms with Gasteiger partial charge in [0.25, 0.3) is 0 Å². The molecule has 3 rings (SSSR count). The summed E-state index contributed by atoms with van der Waals surface area (Å²) in [6.45, 7) is 7.67. The first-order valence-electron chi connectivity index (χ1n) is 9.47. The van der Waals surface area contributed by atoms with Crippen molar-refractivity contribution in [1.82, 2.24) is 15.6 Å². The van der Waals surface area contributed by atoms with E-state index in [0.717, 1.165) is 18.4 Å². The van der Waals surface area contributed by atoms with Crippen molar-refractivity contribution >= 4 is 29.2 Å². The number of alkyl carbamates (subject to hydrolysis) is 1. The Bertz CT molecular complexity index is 859. The smallest absolute Gasteiger partial charge is 0.407 e. The molecule has 1 heterocycles. The van der Waals surface area contributed by atoms with Crippen LogP contribution in [0.3, 0.4) is 0 Å². The van der Waals surface area contributed by atoms with Gasteiger partial charge in [-0.3, -0.25) is 4.79 Å². The zero-order valence-electron chi connectivity index (χ0n) is 16.7. The molecule has 1 unspecified atom stereocenters. The normalized spacial score (nSPS) is 16.7. The maximum absolute atomic E-state index is 12.4. The number of hydrogen-bond donors (Lipinski definition) is 2. The van der Waals surface area contributed by atoms with Gasteiger partial charge in [-0.1, -0.05) is 12.1 Å². The van der Waals surface area contributed by atoms with Gasteiger partial charge in [0, 0.05) is 18.7 Å². The standard InChI is InChI=1S/C21H27N3O4/c1-20(2,3)28-19(26)22-13-21(4,14-9-10-14)24-17(25)11-12-18-23-15-7-5-6-8-16(15)27-18/h5-8,11-12,14H,9-10,13H2,1-4H3,(H,22,26)(H,24,25)/b12-11+. The van der Waals surface area contributed by atoms with Crippen LogP contribution in [0.2, 0.25) is 0 Å². The number of amides is 2. The SMILES string of the molecule is CC(C)(C)OC(=O)NCC(C)(NC(=O)/C=C/c1nc2ccccc2o1)C1CC1. The van der Waals surface area contributed by atoms with Crippen LogP contribution in [0.1, 0.15) is 46.4 Å². The first kappa shape index (κ1) is 19.9. The second kappa shape index (κ2) is 7.66. The lowest BCUT2D eigenvalue weighted by Gasteiger charge is -2.31. The maximum Gasteiger partial charge on any atom is 0.407 e. The Hall–Kier alpha value is -2.83. The van der Waals surface area contributed by atoms with Crippen LogP contribution in [0.5, 0.6) is 0 Å². The number of rotatable bonds is 6. The third-order valence-electron chi connectivity index (χ3n) is 4.57. The number of para-hydroxylation sites is 2. The largest absolute Gasteiger partial charge is 0.444 e. The van der Waals surface area contributed by atoms with Gasteiger partial charge >= 0.3 is 6.09 Å². The van der Waals surface area contributed by atoms with Crippen LogP contribution in [0.25, 0.3) is 17.2 Å². The van der Waals surface area contributed by atoms with E-state index in [1.54, 1.807) is 6.08 Å². The second-order valence-electron chi connectivity index (χ2n) is 8.39. The topological polar surface area (TPSA) is 93.5 Å². The number of nitrogens with one attached hydrogen (secondary N) is 2. The summed E-state index contributed by atoms with van der Waals surface area (Å²) >= 11 is 0. The zero-order valence-corrected chi connectivity index (χ0v) is 16.7. The van der Waals surface area contributed by atoms with Crippen molar-refractivity contribution < 1.29 is 18.7 Å². The van der Waals surface area contributed by atoms with Gasteiger partial charge in [-0.2, -0.15) is 0 Å². The molecular formula is C21H27N3O4. The minimum Gasteiger partial charge on any atom is -0.444 e. The molecule has 1 saturated carbocycles. The van der Waals surface area contributed by atoms with Crippen LogP contribution in [-0.2, 0) is 9.53 Å². The van der Waals surface area contributed by atoms with Crippen LogP contribution in [0.4, 0.5) is 4.79 Å².